The lowest BCUT2D eigenvalue weighted by Gasteiger charge is -2.34. The maximum atomic E-state index is 15.8. The maximum absolute atomic E-state index is 15.8. The molecule has 3 aromatic heterocycles. The van der Waals surface area contributed by atoms with Crippen LogP contribution in [0.4, 0.5) is 8.78 Å². The van der Waals surface area contributed by atoms with E-state index in [1.165, 1.54) is 29.8 Å². The lowest BCUT2D eigenvalue weighted by atomic mass is 9.80. The Labute approximate surface area is 439 Å². The molecule has 19 heteroatoms. The molecule has 1 N–H and O–H groups in total. The number of halogens is 3. The number of benzene rings is 2. The molecule has 2 aliphatic heterocycles. The van der Waals surface area contributed by atoms with Gasteiger partial charge in [-0.15, -0.1) is 17.8 Å². The van der Waals surface area contributed by atoms with Gasteiger partial charge in [0.25, 0.3) is 0 Å². The third kappa shape index (κ3) is 13.7. The number of carboxylic acid groups (broad SMARTS) is 1. The Morgan fingerprint density at radius 2 is 1.77 bits per heavy atom. The predicted octanol–water partition coefficient (Wildman–Crippen LogP) is 9.28. The number of piperazine rings is 1. The number of hydrogen-bond acceptors (Lipinski definition) is 15. The van der Waals surface area contributed by atoms with E-state index in [0.717, 1.165) is 36.6 Å². The molecule has 0 amide bonds. The van der Waals surface area contributed by atoms with Gasteiger partial charge in [-0.2, -0.15) is 0 Å². The van der Waals surface area contributed by atoms with Crippen LogP contribution in [-0.4, -0.2) is 145 Å². The first-order chi connectivity index (χ1) is 35.8. The average molecular weight is 1060 g/mol. The summed E-state index contributed by atoms with van der Waals surface area (Å²) in [6.07, 6.45) is 9.16. The third-order valence-corrected chi connectivity index (χ3v) is 15.2. The average Bonchev–Trinajstić information content (AvgIpc) is 3.79. The smallest absolute Gasteiger partial charge is 0.345 e. The minimum Gasteiger partial charge on any atom is -0.490 e. The fourth-order valence-corrected chi connectivity index (χ4v) is 10.8. The second kappa shape index (κ2) is 25.6. The number of carbonyl (C=O) groups is 1. The van der Waals surface area contributed by atoms with Crippen molar-refractivity contribution in [1.29, 1.82) is 0 Å². The molecule has 394 valence electrons. The lowest BCUT2D eigenvalue weighted by Crippen LogP contribution is -2.48. The van der Waals surface area contributed by atoms with Crippen LogP contribution < -0.4 is 14.2 Å². The van der Waals surface area contributed by atoms with Crippen LogP contribution in [0, 0.1) is 18.2 Å². The zero-order valence-electron chi connectivity index (χ0n) is 42.2. The Morgan fingerprint density at radius 1 is 1.01 bits per heavy atom. The fraction of sp³-hybridized carbons (Fsp3) is 0.473. The van der Waals surface area contributed by atoms with Crippen LogP contribution in [0.2, 0.25) is 0 Å². The van der Waals surface area contributed by atoms with Crippen molar-refractivity contribution >= 4 is 44.7 Å². The number of methoxy groups -OCH3 is 1. The molecule has 3 aliphatic rings. The van der Waals surface area contributed by atoms with Gasteiger partial charge in [0.05, 0.1) is 49.1 Å². The highest BCUT2D eigenvalue weighted by Crippen LogP contribution is 2.48. The van der Waals surface area contributed by atoms with Crippen LogP contribution in [0.25, 0.3) is 26.2 Å². The van der Waals surface area contributed by atoms with Crippen LogP contribution in [-0.2, 0) is 36.8 Å². The number of likely N-dealkylation sites (N-methyl/N-ethyl adjacent to an activating group) is 1. The quantitative estimate of drug-likeness (QED) is 0.0693. The van der Waals surface area contributed by atoms with Crippen molar-refractivity contribution in [3.63, 3.8) is 0 Å². The van der Waals surface area contributed by atoms with Crippen molar-refractivity contribution in [1.82, 2.24) is 29.7 Å². The summed E-state index contributed by atoms with van der Waals surface area (Å²) in [5, 5.41) is 11.6. The summed E-state index contributed by atoms with van der Waals surface area (Å²) < 4.78 is 72.3. The highest BCUT2D eigenvalue weighted by Gasteiger charge is 2.37. The number of thiophene rings is 1. The molecule has 1 saturated heterocycles. The van der Waals surface area contributed by atoms with Crippen LogP contribution in [0.1, 0.15) is 74.5 Å². The van der Waals surface area contributed by atoms with Gasteiger partial charge >= 0.3 is 5.97 Å². The molecule has 2 fully saturated rings. The second-order valence-electron chi connectivity index (χ2n) is 18.8. The number of nitrogens with zero attached hydrogens (tertiary/aromatic N) is 6. The van der Waals surface area contributed by atoms with Crippen molar-refractivity contribution in [2.75, 3.05) is 86.5 Å². The minimum atomic E-state index is -1.48. The maximum Gasteiger partial charge on any atom is 0.345 e. The van der Waals surface area contributed by atoms with Gasteiger partial charge in [0, 0.05) is 74.4 Å². The van der Waals surface area contributed by atoms with E-state index >= 15 is 4.39 Å². The zero-order valence-corrected chi connectivity index (χ0v) is 43.8. The monoisotopic (exact) mass is 1060 g/mol. The van der Waals surface area contributed by atoms with Crippen LogP contribution in [0.3, 0.4) is 0 Å². The van der Waals surface area contributed by atoms with Gasteiger partial charge < -0.3 is 43.2 Å². The van der Waals surface area contributed by atoms with Crippen molar-refractivity contribution in [3.8, 4) is 40.2 Å². The molecule has 74 heavy (non-hydrogen) atoms. The minimum absolute atomic E-state index is 0.000381. The number of ether oxygens (including phenoxy) is 7. The number of aromatic nitrogens is 4. The van der Waals surface area contributed by atoms with Gasteiger partial charge in [0.1, 0.15) is 59.3 Å². The second-order valence-corrected chi connectivity index (χ2v) is 20.1. The molecule has 15 nitrogen and oxygen atoms in total. The van der Waals surface area contributed by atoms with Gasteiger partial charge in [-0.1, -0.05) is 30.7 Å². The number of aliphatic carboxylic acids is 1. The molecule has 0 spiro atoms. The Bertz CT molecular complexity index is 2830. The normalized spacial score (nSPS) is 23.3. The van der Waals surface area contributed by atoms with E-state index in [9.17, 15) is 14.3 Å². The Kier molecular flexibility index (Phi) is 18.9. The summed E-state index contributed by atoms with van der Waals surface area (Å²) in [5.41, 5.74) is 2.32. The number of terminal acetylenes is 1. The molecule has 0 radical (unpaired) electrons. The molecule has 1 aliphatic carbocycles. The number of hydrogen-bond donors (Lipinski definition) is 1. The summed E-state index contributed by atoms with van der Waals surface area (Å²) in [7, 11) is 3.69. The number of allylic oxidation sites excluding steroid dienone is 4. The highest BCUT2D eigenvalue weighted by atomic mass is 35.5. The van der Waals surface area contributed by atoms with E-state index in [1.54, 1.807) is 49.7 Å². The first kappa shape index (κ1) is 54.5. The van der Waals surface area contributed by atoms with Crippen molar-refractivity contribution in [3.05, 3.63) is 106 Å². The van der Waals surface area contributed by atoms with E-state index in [-0.39, 0.29) is 48.8 Å². The number of carboxylic acids is 1. The molecule has 5 heterocycles. The van der Waals surface area contributed by atoms with Gasteiger partial charge in [-0.05, 0) is 105 Å². The molecule has 1 saturated carbocycles. The van der Waals surface area contributed by atoms with Gasteiger partial charge in [0.15, 0.2) is 5.76 Å². The molecule has 2 aromatic carbocycles. The topological polar surface area (TPSA) is 160 Å². The van der Waals surface area contributed by atoms with Gasteiger partial charge in [-0.3, -0.25) is 4.90 Å². The van der Waals surface area contributed by atoms with Gasteiger partial charge in [-0.25, -0.2) is 33.5 Å². The molecule has 8 rings (SSSR count). The Hall–Kier alpha value is -5.78. The van der Waals surface area contributed by atoms with Gasteiger partial charge in [0.2, 0.25) is 12.0 Å². The summed E-state index contributed by atoms with van der Waals surface area (Å²) in [5.74, 6) is 2.56. The molecule has 2 atom stereocenters. The summed E-state index contributed by atoms with van der Waals surface area (Å²) in [6.45, 7) is 9.39. The zero-order chi connectivity index (χ0) is 52.2. The van der Waals surface area contributed by atoms with E-state index in [4.69, 9.17) is 56.2 Å². The van der Waals surface area contributed by atoms with Crippen LogP contribution in [0.5, 0.6) is 17.4 Å². The first-order valence-corrected chi connectivity index (χ1v) is 26.2. The van der Waals surface area contributed by atoms with E-state index in [1.807, 2.05) is 13.8 Å². The summed E-state index contributed by atoms with van der Waals surface area (Å²) in [6, 6.07) is 13.1. The van der Waals surface area contributed by atoms with Crippen molar-refractivity contribution in [2.45, 2.75) is 82.8 Å². The molecule has 2 bridgehead atoms. The Morgan fingerprint density at radius 3 is 2.50 bits per heavy atom. The largest absolute Gasteiger partial charge is 0.490 e. The number of fused-ring (bicyclic) bond motifs is 2. The van der Waals surface area contributed by atoms with Crippen LogP contribution in [0.15, 0.2) is 77.4 Å². The van der Waals surface area contributed by atoms with E-state index in [2.05, 4.69) is 37.7 Å². The third-order valence-electron chi connectivity index (χ3n) is 13.6. The summed E-state index contributed by atoms with van der Waals surface area (Å²) in [4.78, 5) is 37.8. The first-order valence-electron chi connectivity index (χ1n) is 25.0. The predicted molar refractivity (Wildman–Crippen MR) is 279 cm³/mol. The SMILES string of the molecule is C#C/C1=C(Cl)\C(C)=C(/CC)c2c(-c3ccc(F)cc3)sc3ncnc(c23)O[C@@H](C(=O)O)Cc2cc(ccc2OCc2ccnc([C@H]3CC[C@](F)(COCCOCCOC)CC3)n2)OC[C@@H](CN2CCN(C)CC2)O1. The molecular weight excluding hydrogens is 994 g/mol. The Balaban J connectivity index is 1.11. The van der Waals surface area contributed by atoms with E-state index < -0.39 is 29.7 Å². The lowest BCUT2D eigenvalue weighted by molar-refractivity contribution is -0.145. The standard InChI is InChI=1S/C55H63ClF2N6O9S/c1-6-43-35(3)49(56)44(7-2)72-42(30-64-22-20-63(4)21-23-64)32-70-41-12-13-45(71-31-40-16-19-59-51(62-40)37-14-17-55(58,18-15-37)33-69-27-26-68-25-24-67-5)38(28-41)29-46(54(65)66)73-52-48-47(43)50(74-53(48)61-34-60-52)36-8-10-39(57)11-9-36/h2,8-13,16,19,28,34,37,42,46H,6,14-15,17-18,20-27,29-33H2,1,3-5H3,(H,65,66)/b43-35+,49-44-/t37-,42-,46-,55+/m1/s1. The van der Waals surface area contributed by atoms with Crippen molar-refractivity contribution < 1.29 is 51.8 Å². The number of alkyl halides is 1. The fourth-order valence-electron chi connectivity index (χ4n) is 9.42. The molecule has 0 unspecified atom stereocenters. The van der Waals surface area contributed by atoms with Crippen LogP contribution >= 0.6 is 22.9 Å². The number of rotatable bonds is 17. The van der Waals surface area contributed by atoms with Crippen molar-refractivity contribution in [2.24, 2.45) is 0 Å². The molecular formula is C55H63ClF2N6O9S. The summed E-state index contributed by atoms with van der Waals surface area (Å²) >= 11 is 8.64. The molecule has 5 aromatic rings. The van der Waals surface area contributed by atoms with E-state index in [0.29, 0.717) is 121 Å². The highest BCUT2D eigenvalue weighted by molar-refractivity contribution is 7.22.